The summed E-state index contributed by atoms with van der Waals surface area (Å²) in [7, 11) is 5.93. The van der Waals surface area contributed by atoms with Gasteiger partial charge in [-0.15, -0.1) is 0 Å². The summed E-state index contributed by atoms with van der Waals surface area (Å²) in [6.07, 6.45) is 67.5. The van der Waals surface area contributed by atoms with Crippen LogP contribution in [-0.2, 0) is 33.3 Å². The standard InChI is InChI=1S/C65H119NO8/c1-6-8-10-12-14-16-18-20-22-24-26-28-29-30-31-32-33-34-36-37-39-41-43-45-47-49-51-53-55-62(67)72-59-61(60-73-65(64(69)70)71-58-57-66(3,4)5)74-63(68)56-54-52-50-48-46-44-42-40-38-35-27-25-23-21-19-17-15-13-11-9-7-2/h9,11,15,17,21,23,27,35,61,65H,6-8,10,12-14,16,18-20,22,24-26,28-34,36-60H2,1-5H3/b11-9-,17-15-,23-21-,35-27-. The van der Waals surface area contributed by atoms with Crippen LogP contribution >= 0.6 is 0 Å². The quantitative estimate of drug-likeness (QED) is 0.0195. The van der Waals surface area contributed by atoms with Crippen molar-refractivity contribution >= 4 is 17.9 Å². The Hall–Kier alpha value is -2.75. The molecule has 0 aromatic heterocycles. The van der Waals surface area contributed by atoms with Crippen LogP contribution in [0.15, 0.2) is 48.6 Å². The zero-order valence-electron chi connectivity index (χ0n) is 49.2. The Labute approximate surface area is 457 Å². The topological polar surface area (TPSA) is 111 Å². The number of allylic oxidation sites excluding steroid dienone is 8. The first-order valence-corrected chi connectivity index (χ1v) is 31.3. The average Bonchev–Trinajstić information content (AvgIpc) is 3.37. The predicted octanol–water partition coefficient (Wildman–Crippen LogP) is 17.3. The molecule has 0 aliphatic carbocycles. The first-order valence-electron chi connectivity index (χ1n) is 31.3. The van der Waals surface area contributed by atoms with E-state index in [1.807, 2.05) is 21.1 Å². The van der Waals surface area contributed by atoms with Crippen molar-refractivity contribution < 1.29 is 42.9 Å². The monoisotopic (exact) mass is 1040 g/mol. The van der Waals surface area contributed by atoms with Gasteiger partial charge >= 0.3 is 11.9 Å². The highest BCUT2D eigenvalue weighted by atomic mass is 16.7. The second kappa shape index (κ2) is 56.5. The number of esters is 2. The zero-order valence-corrected chi connectivity index (χ0v) is 49.2. The lowest BCUT2D eigenvalue weighted by molar-refractivity contribution is -0.870. The molecule has 0 aromatic carbocycles. The summed E-state index contributed by atoms with van der Waals surface area (Å²) in [5.74, 6) is -2.28. The van der Waals surface area contributed by atoms with E-state index in [-0.39, 0.29) is 32.2 Å². The molecule has 0 fully saturated rings. The summed E-state index contributed by atoms with van der Waals surface area (Å²) in [6, 6.07) is 0. The van der Waals surface area contributed by atoms with Gasteiger partial charge in [0.2, 0.25) is 0 Å². The van der Waals surface area contributed by atoms with E-state index in [0.29, 0.717) is 23.9 Å². The second-order valence-corrected chi connectivity index (χ2v) is 22.3. The zero-order chi connectivity index (χ0) is 54.1. The van der Waals surface area contributed by atoms with Crippen molar-refractivity contribution in [1.82, 2.24) is 0 Å². The van der Waals surface area contributed by atoms with E-state index in [0.717, 1.165) is 70.6 Å². The first kappa shape index (κ1) is 71.2. The number of unbranched alkanes of at least 4 members (excludes halogenated alkanes) is 35. The van der Waals surface area contributed by atoms with Gasteiger partial charge in [-0.2, -0.15) is 0 Å². The lowest BCUT2D eigenvalue weighted by Crippen LogP contribution is -2.44. The number of aliphatic carboxylic acids is 1. The van der Waals surface area contributed by atoms with Crippen molar-refractivity contribution in [2.75, 3.05) is 47.5 Å². The Balaban J connectivity index is 4.14. The number of quaternary nitrogens is 1. The molecule has 9 nitrogen and oxygen atoms in total. The van der Waals surface area contributed by atoms with Crippen molar-refractivity contribution in [3.8, 4) is 0 Å². The van der Waals surface area contributed by atoms with Gasteiger partial charge in [-0.05, 0) is 51.4 Å². The van der Waals surface area contributed by atoms with Crippen LogP contribution in [0.3, 0.4) is 0 Å². The Morgan fingerprint density at radius 2 is 0.770 bits per heavy atom. The molecule has 0 aliphatic rings. The molecule has 0 saturated carbocycles. The Morgan fingerprint density at radius 3 is 1.15 bits per heavy atom. The van der Waals surface area contributed by atoms with Crippen LogP contribution in [-0.4, -0.2) is 82.3 Å². The number of rotatable bonds is 58. The summed E-state index contributed by atoms with van der Waals surface area (Å²) in [6.45, 7) is 4.67. The lowest BCUT2D eigenvalue weighted by atomic mass is 10.0. The van der Waals surface area contributed by atoms with E-state index in [1.54, 1.807) is 0 Å². The highest BCUT2D eigenvalue weighted by Gasteiger charge is 2.22. The molecule has 0 N–H and O–H groups in total. The Morgan fingerprint density at radius 1 is 0.419 bits per heavy atom. The number of carboxylic acid groups (broad SMARTS) is 1. The fourth-order valence-electron chi connectivity index (χ4n) is 9.06. The maximum absolute atomic E-state index is 12.9. The van der Waals surface area contributed by atoms with Gasteiger partial charge in [0, 0.05) is 12.8 Å². The van der Waals surface area contributed by atoms with Crippen LogP contribution in [0.2, 0.25) is 0 Å². The molecule has 432 valence electrons. The molecule has 0 spiro atoms. The maximum atomic E-state index is 12.9. The molecule has 0 heterocycles. The van der Waals surface area contributed by atoms with Crippen LogP contribution in [0.25, 0.3) is 0 Å². The Bertz CT molecular complexity index is 1350. The molecular weight excluding hydrogens is 923 g/mol. The third-order valence-corrected chi connectivity index (χ3v) is 13.8. The lowest BCUT2D eigenvalue weighted by Gasteiger charge is -2.26. The summed E-state index contributed by atoms with van der Waals surface area (Å²) in [5.41, 5.74) is 0. The third-order valence-electron chi connectivity index (χ3n) is 13.8. The van der Waals surface area contributed by atoms with Gasteiger partial charge in [0.1, 0.15) is 13.2 Å². The van der Waals surface area contributed by atoms with E-state index in [1.165, 1.54) is 186 Å². The van der Waals surface area contributed by atoms with Crippen LogP contribution < -0.4 is 5.11 Å². The molecule has 9 heteroatoms. The van der Waals surface area contributed by atoms with Gasteiger partial charge in [-0.1, -0.05) is 274 Å². The largest absolute Gasteiger partial charge is 0.545 e. The van der Waals surface area contributed by atoms with Gasteiger partial charge < -0.3 is 33.3 Å². The van der Waals surface area contributed by atoms with Gasteiger partial charge in [0.25, 0.3) is 0 Å². The van der Waals surface area contributed by atoms with Crippen molar-refractivity contribution in [2.45, 2.75) is 302 Å². The summed E-state index contributed by atoms with van der Waals surface area (Å²) in [5, 5.41) is 11.8. The number of carbonyl (C=O) groups excluding carboxylic acids is 3. The van der Waals surface area contributed by atoms with Crippen LogP contribution in [0, 0.1) is 0 Å². The van der Waals surface area contributed by atoms with E-state index < -0.39 is 24.3 Å². The Kier molecular flexibility index (Phi) is 54.4. The molecule has 0 aliphatic heterocycles. The normalized spacial score (nSPS) is 13.0. The summed E-state index contributed by atoms with van der Waals surface area (Å²) in [4.78, 5) is 37.4. The fourth-order valence-corrected chi connectivity index (χ4v) is 9.06. The second-order valence-electron chi connectivity index (χ2n) is 22.3. The van der Waals surface area contributed by atoms with Crippen molar-refractivity contribution in [1.29, 1.82) is 0 Å². The van der Waals surface area contributed by atoms with Gasteiger partial charge in [0.15, 0.2) is 12.4 Å². The highest BCUT2D eigenvalue weighted by molar-refractivity contribution is 5.70. The minimum atomic E-state index is -1.62. The van der Waals surface area contributed by atoms with Gasteiger partial charge in [-0.25, -0.2) is 0 Å². The van der Waals surface area contributed by atoms with Crippen molar-refractivity contribution in [2.24, 2.45) is 0 Å². The molecule has 0 rings (SSSR count). The molecular formula is C65H119NO8. The van der Waals surface area contributed by atoms with E-state index >= 15 is 0 Å². The number of hydrogen-bond acceptors (Lipinski definition) is 8. The van der Waals surface area contributed by atoms with Crippen molar-refractivity contribution in [3.05, 3.63) is 48.6 Å². The summed E-state index contributed by atoms with van der Waals surface area (Å²) >= 11 is 0. The molecule has 0 bridgehead atoms. The highest BCUT2D eigenvalue weighted by Crippen LogP contribution is 2.18. The van der Waals surface area contributed by atoms with E-state index in [4.69, 9.17) is 18.9 Å². The van der Waals surface area contributed by atoms with Crippen LogP contribution in [0.1, 0.15) is 290 Å². The number of ether oxygens (including phenoxy) is 4. The maximum Gasteiger partial charge on any atom is 0.306 e. The van der Waals surface area contributed by atoms with Gasteiger partial charge in [0.05, 0.1) is 40.3 Å². The summed E-state index contributed by atoms with van der Waals surface area (Å²) < 4.78 is 22.7. The minimum absolute atomic E-state index is 0.146. The predicted molar refractivity (Wildman–Crippen MR) is 311 cm³/mol. The average molecular weight is 1040 g/mol. The molecule has 0 saturated heterocycles. The smallest absolute Gasteiger partial charge is 0.306 e. The van der Waals surface area contributed by atoms with E-state index in [9.17, 15) is 19.5 Å². The number of carboxylic acids is 1. The number of carbonyl (C=O) groups is 3. The number of nitrogens with zero attached hydrogens (tertiary/aromatic N) is 1. The fraction of sp³-hybridized carbons (Fsp3) is 0.831. The molecule has 0 amide bonds. The minimum Gasteiger partial charge on any atom is -0.545 e. The molecule has 2 atom stereocenters. The van der Waals surface area contributed by atoms with Crippen LogP contribution in [0.4, 0.5) is 0 Å². The number of hydrogen-bond donors (Lipinski definition) is 0. The van der Waals surface area contributed by atoms with Gasteiger partial charge in [-0.3, -0.25) is 9.59 Å². The first-order chi connectivity index (χ1) is 36.1. The molecule has 0 aromatic rings. The molecule has 0 radical (unpaired) electrons. The van der Waals surface area contributed by atoms with E-state index in [2.05, 4.69) is 62.5 Å². The third kappa shape index (κ3) is 57.0. The number of likely N-dealkylation sites (N-methyl/N-ethyl adjacent to an activating group) is 1. The molecule has 2 unspecified atom stereocenters. The van der Waals surface area contributed by atoms with Crippen LogP contribution in [0.5, 0.6) is 0 Å². The molecule has 74 heavy (non-hydrogen) atoms. The SMILES string of the molecule is CC/C=C\C/C=C\C/C=C\C/C=C\CCCCCCCCCCC(=O)OC(COC(=O)CCCCCCCCCCCCCCCCCCCCCCCCCCCCCC)COC(OCC[N+](C)(C)C)C(=O)[O-]. The van der Waals surface area contributed by atoms with Crippen molar-refractivity contribution in [3.63, 3.8) is 0 Å².